The van der Waals surface area contributed by atoms with E-state index < -0.39 is 18.5 Å². The molecule has 0 aliphatic carbocycles. The highest BCUT2D eigenvalue weighted by Gasteiger charge is 2.08. The van der Waals surface area contributed by atoms with Crippen LogP contribution in [0.5, 0.6) is 0 Å². The summed E-state index contributed by atoms with van der Waals surface area (Å²) in [7, 11) is 0. The molecule has 0 spiro atoms. The monoisotopic (exact) mass is 308 g/mol. The van der Waals surface area contributed by atoms with Crippen LogP contribution in [-0.4, -0.2) is 43.5 Å². The van der Waals surface area contributed by atoms with Gasteiger partial charge in [0.1, 0.15) is 0 Å². The molecule has 0 heterocycles. The van der Waals surface area contributed by atoms with Crippen molar-refractivity contribution in [1.82, 2.24) is 0 Å². The lowest BCUT2D eigenvalue weighted by Crippen LogP contribution is -2.20. The zero-order chi connectivity index (χ0) is 15.4. The molecular weight excluding hydrogens is 284 g/mol. The minimum absolute atomic E-state index is 0.0376. The lowest BCUT2D eigenvalue weighted by molar-refractivity contribution is -0.177. The van der Waals surface area contributed by atoms with E-state index in [2.05, 4.69) is 12.6 Å². The predicted molar refractivity (Wildman–Crippen MR) is 76.4 cm³/mol. The fourth-order valence-corrected chi connectivity index (χ4v) is 1.34. The quantitative estimate of drug-likeness (QED) is 0.272. The third kappa shape index (κ3) is 11.1. The minimum Gasteiger partial charge on any atom is -0.436 e. The van der Waals surface area contributed by atoms with Gasteiger partial charge in [0.05, 0.1) is 19.0 Å². The lowest BCUT2D eigenvalue weighted by atomic mass is 10.3. The molecule has 0 fully saturated rings. The van der Waals surface area contributed by atoms with Crippen LogP contribution in [0, 0.1) is 0 Å². The summed E-state index contributed by atoms with van der Waals surface area (Å²) in [5.41, 5.74) is 0. The number of carbonyl (C=O) groups excluding carboxylic acids is 2. The van der Waals surface area contributed by atoms with Gasteiger partial charge in [-0.1, -0.05) is 6.92 Å². The van der Waals surface area contributed by atoms with Crippen molar-refractivity contribution in [3.63, 3.8) is 0 Å². The molecule has 0 radical (unpaired) electrons. The van der Waals surface area contributed by atoms with Crippen LogP contribution < -0.4 is 0 Å². The van der Waals surface area contributed by atoms with Gasteiger partial charge >= 0.3 is 11.9 Å². The molecule has 6 nitrogen and oxygen atoms in total. The Morgan fingerprint density at radius 1 is 0.950 bits per heavy atom. The standard InChI is InChI=1S/C13H24O6S/c1-4-12(14)18-10(2)16-7-5-6-8-17-11(3)19-13(15)9-20/h10-11,20H,4-9H2,1-3H3. The van der Waals surface area contributed by atoms with E-state index in [0.717, 1.165) is 12.8 Å². The number of carbonyl (C=O) groups is 2. The summed E-state index contributed by atoms with van der Waals surface area (Å²) in [5.74, 6) is -0.646. The Kier molecular flexibility index (Phi) is 11.5. The molecule has 0 rings (SSSR count). The summed E-state index contributed by atoms with van der Waals surface area (Å²) in [6, 6.07) is 0. The van der Waals surface area contributed by atoms with Gasteiger partial charge in [0.15, 0.2) is 12.6 Å². The number of hydrogen-bond acceptors (Lipinski definition) is 7. The van der Waals surface area contributed by atoms with Gasteiger partial charge in [0.2, 0.25) is 0 Å². The number of ether oxygens (including phenoxy) is 4. The molecule has 0 aromatic heterocycles. The maximum Gasteiger partial charge on any atom is 0.317 e. The predicted octanol–water partition coefficient (Wildman–Crippen LogP) is 1.92. The van der Waals surface area contributed by atoms with Crippen molar-refractivity contribution >= 4 is 24.6 Å². The molecule has 0 aromatic carbocycles. The average Bonchev–Trinajstić information content (AvgIpc) is 2.42. The zero-order valence-electron chi connectivity index (χ0n) is 12.3. The van der Waals surface area contributed by atoms with Crippen LogP contribution in [0.2, 0.25) is 0 Å². The van der Waals surface area contributed by atoms with Crippen molar-refractivity contribution in [1.29, 1.82) is 0 Å². The molecule has 0 saturated heterocycles. The molecule has 0 amide bonds. The van der Waals surface area contributed by atoms with Crippen molar-refractivity contribution in [2.45, 2.75) is 52.6 Å². The zero-order valence-corrected chi connectivity index (χ0v) is 13.2. The van der Waals surface area contributed by atoms with Crippen molar-refractivity contribution in [2.24, 2.45) is 0 Å². The van der Waals surface area contributed by atoms with E-state index in [1.807, 2.05) is 0 Å². The van der Waals surface area contributed by atoms with Crippen LogP contribution in [0.15, 0.2) is 0 Å². The Morgan fingerprint density at radius 3 is 1.80 bits per heavy atom. The molecule has 0 N–H and O–H groups in total. The molecule has 2 unspecified atom stereocenters. The van der Waals surface area contributed by atoms with Crippen LogP contribution in [0.3, 0.4) is 0 Å². The number of unbranched alkanes of at least 4 members (excludes halogenated alkanes) is 1. The van der Waals surface area contributed by atoms with Crippen LogP contribution in [0.25, 0.3) is 0 Å². The van der Waals surface area contributed by atoms with E-state index >= 15 is 0 Å². The van der Waals surface area contributed by atoms with Gasteiger partial charge < -0.3 is 18.9 Å². The fourth-order valence-electron chi connectivity index (χ4n) is 1.26. The molecule has 118 valence electrons. The van der Waals surface area contributed by atoms with Gasteiger partial charge in [-0.2, -0.15) is 12.6 Å². The topological polar surface area (TPSA) is 71.1 Å². The highest BCUT2D eigenvalue weighted by molar-refractivity contribution is 7.81. The normalized spacial score (nSPS) is 13.6. The Morgan fingerprint density at radius 2 is 1.40 bits per heavy atom. The fraction of sp³-hybridized carbons (Fsp3) is 0.846. The largest absolute Gasteiger partial charge is 0.436 e. The SMILES string of the molecule is CCC(=O)OC(C)OCCCCOC(C)OC(=O)CS. The third-order valence-corrected chi connectivity index (χ3v) is 2.51. The first-order valence-electron chi connectivity index (χ1n) is 6.72. The maximum absolute atomic E-state index is 11.0. The number of thiol groups is 1. The van der Waals surface area contributed by atoms with Crippen molar-refractivity contribution in [3.05, 3.63) is 0 Å². The highest BCUT2D eigenvalue weighted by Crippen LogP contribution is 2.01. The average molecular weight is 308 g/mol. The Hall–Kier alpha value is -0.790. The second-order valence-electron chi connectivity index (χ2n) is 4.08. The summed E-state index contributed by atoms with van der Waals surface area (Å²) in [4.78, 5) is 21.9. The maximum atomic E-state index is 11.0. The van der Waals surface area contributed by atoms with Crippen LogP contribution >= 0.6 is 12.6 Å². The molecule has 7 heteroatoms. The van der Waals surface area contributed by atoms with Gasteiger partial charge in [-0.15, -0.1) is 0 Å². The van der Waals surface area contributed by atoms with Crippen LogP contribution in [0.4, 0.5) is 0 Å². The Balaban J connectivity index is 3.44. The molecule has 20 heavy (non-hydrogen) atoms. The third-order valence-electron chi connectivity index (χ3n) is 2.26. The number of esters is 2. The van der Waals surface area contributed by atoms with E-state index in [4.69, 9.17) is 18.9 Å². The van der Waals surface area contributed by atoms with Gasteiger partial charge in [-0.25, -0.2) is 0 Å². The Bertz CT molecular complexity index is 256. The van der Waals surface area contributed by atoms with Gasteiger partial charge in [0, 0.05) is 6.42 Å². The first-order chi connectivity index (χ1) is 9.49. The van der Waals surface area contributed by atoms with Gasteiger partial charge in [-0.3, -0.25) is 9.59 Å². The Labute approximate surface area is 125 Å². The first kappa shape index (κ1) is 19.2. The van der Waals surface area contributed by atoms with Gasteiger partial charge in [-0.05, 0) is 26.7 Å². The summed E-state index contributed by atoms with van der Waals surface area (Å²) in [5, 5.41) is 0. The van der Waals surface area contributed by atoms with Crippen molar-refractivity contribution in [2.75, 3.05) is 19.0 Å². The van der Waals surface area contributed by atoms with E-state index in [0.29, 0.717) is 19.6 Å². The summed E-state index contributed by atoms with van der Waals surface area (Å²) < 4.78 is 20.4. The number of rotatable bonds is 11. The highest BCUT2D eigenvalue weighted by atomic mass is 32.1. The van der Waals surface area contributed by atoms with E-state index in [-0.39, 0.29) is 11.7 Å². The second kappa shape index (κ2) is 12.0. The summed E-state index contributed by atoms with van der Waals surface area (Å²) in [6.45, 7) is 6.01. The van der Waals surface area contributed by atoms with Crippen molar-refractivity contribution in [3.8, 4) is 0 Å². The molecular formula is C13H24O6S. The first-order valence-corrected chi connectivity index (χ1v) is 7.35. The molecule has 0 aliphatic heterocycles. The summed E-state index contributed by atoms with van der Waals surface area (Å²) in [6.07, 6.45) is 0.765. The molecule has 0 aliphatic rings. The minimum atomic E-state index is -0.569. The van der Waals surface area contributed by atoms with Crippen LogP contribution in [-0.2, 0) is 28.5 Å². The number of hydrogen-bond donors (Lipinski definition) is 1. The lowest BCUT2D eigenvalue weighted by Gasteiger charge is -2.15. The molecule has 0 saturated carbocycles. The van der Waals surface area contributed by atoms with Crippen LogP contribution in [0.1, 0.15) is 40.0 Å². The second-order valence-corrected chi connectivity index (χ2v) is 4.39. The molecule has 0 bridgehead atoms. The molecule has 2 atom stereocenters. The van der Waals surface area contributed by atoms with Crippen molar-refractivity contribution < 1.29 is 28.5 Å². The van der Waals surface area contributed by atoms with E-state index in [1.165, 1.54) is 0 Å². The summed E-state index contributed by atoms with van der Waals surface area (Å²) >= 11 is 3.79. The molecule has 0 aromatic rings. The van der Waals surface area contributed by atoms with Gasteiger partial charge in [0.25, 0.3) is 0 Å². The smallest absolute Gasteiger partial charge is 0.317 e. The van der Waals surface area contributed by atoms with E-state index in [9.17, 15) is 9.59 Å². The van der Waals surface area contributed by atoms with E-state index in [1.54, 1.807) is 20.8 Å².